The number of piperidine rings is 1. The second-order valence-corrected chi connectivity index (χ2v) is 10.9. The Bertz CT molecular complexity index is 1270. The zero-order valence-electron chi connectivity index (χ0n) is 20.2. The number of carbonyl (C=O) groups excluding carboxylic acids is 1. The number of sulfonamides is 1. The second kappa shape index (κ2) is 11.0. The van der Waals surface area contributed by atoms with Gasteiger partial charge in [0.15, 0.2) is 0 Å². The summed E-state index contributed by atoms with van der Waals surface area (Å²) in [4.78, 5) is 17.0. The zero-order valence-corrected chi connectivity index (χ0v) is 21.0. The minimum Gasteiger partial charge on any atom is -0.439 e. The first-order chi connectivity index (χ1) is 16.8. The van der Waals surface area contributed by atoms with Gasteiger partial charge in [-0.2, -0.15) is 4.31 Å². The third kappa shape index (κ3) is 6.46. The molecule has 0 saturated carbocycles. The molecule has 1 amide bonds. The summed E-state index contributed by atoms with van der Waals surface area (Å²) in [7, 11) is -3.47. The maximum Gasteiger partial charge on any atom is 0.243 e. The third-order valence-electron chi connectivity index (χ3n) is 6.09. The van der Waals surface area contributed by atoms with Gasteiger partial charge in [-0.1, -0.05) is 36.8 Å². The topological polar surface area (TPSA) is 88.6 Å². The number of ether oxygens (including phenoxy) is 1. The Hall–Kier alpha value is -3.23. The Morgan fingerprint density at radius 3 is 2.37 bits per heavy atom. The van der Waals surface area contributed by atoms with Gasteiger partial charge in [0.1, 0.15) is 5.75 Å². The van der Waals surface area contributed by atoms with Crippen LogP contribution in [0.25, 0.3) is 0 Å². The molecule has 7 nitrogen and oxygen atoms in total. The van der Waals surface area contributed by atoms with E-state index in [1.807, 2.05) is 38.1 Å². The summed E-state index contributed by atoms with van der Waals surface area (Å²) in [6.07, 6.45) is 4.72. The predicted octanol–water partition coefficient (Wildman–Crippen LogP) is 4.52. The number of amides is 1. The van der Waals surface area contributed by atoms with Crippen LogP contribution in [-0.2, 0) is 27.8 Å². The highest BCUT2D eigenvalue weighted by Crippen LogP contribution is 2.25. The standard InChI is InChI=1S/C27H31N3O4S/c1-20-6-7-21(2)25(16-20)34-27-13-10-23(19-29-27)18-28-26(31)17-22-8-11-24(12-9-22)35(32,33)30-14-4-3-5-15-30/h6-13,16,19H,3-5,14-15,17-18H2,1-2H3,(H,28,31). The number of hydrogen-bond donors (Lipinski definition) is 1. The first kappa shape index (κ1) is 24.9. The van der Waals surface area contributed by atoms with Gasteiger partial charge in [-0.3, -0.25) is 4.79 Å². The van der Waals surface area contributed by atoms with Crippen LogP contribution in [0.15, 0.2) is 65.7 Å². The lowest BCUT2D eigenvalue weighted by molar-refractivity contribution is -0.120. The molecule has 0 atom stereocenters. The fraction of sp³-hybridized carbons (Fsp3) is 0.333. The molecule has 1 N–H and O–H groups in total. The Kier molecular flexibility index (Phi) is 7.83. The number of pyridine rings is 1. The Labute approximate surface area is 207 Å². The first-order valence-corrected chi connectivity index (χ1v) is 13.3. The summed E-state index contributed by atoms with van der Waals surface area (Å²) in [5.41, 5.74) is 3.76. The first-order valence-electron chi connectivity index (χ1n) is 11.9. The lowest BCUT2D eigenvalue weighted by Gasteiger charge is -2.25. The van der Waals surface area contributed by atoms with Crippen LogP contribution in [0.2, 0.25) is 0 Å². The fourth-order valence-corrected chi connectivity index (χ4v) is 5.51. The highest BCUT2D eigenvalue weighted by molar-refractivity contribution is 7.89. The molecule has 0 radical (unpaired) electrons. The molecule has 8 heteroatoms. The van der Waals surface area contributed by atoms with Crippen LogP contribution in [0.3, 0.4) is 0 Å². The van der Waals surface area contributed by atoms with E-state index in [1.54, 1.807) is 40.8 Å². The lowest BCUT2D eigenvalue weighted by atomic mass is 10.1. The number of nitrogens with zero attached hydrogens (tertiary/aromatic N) is 2. The van der Waals surface area contributed by atoms with Crippen LogP contribution in [0.1, 0.15) is 41.5 Å². The van der Waals surface area contributed by atoms with Crippen LogP contribution in [0.4, 0.5) is 0 Å². The van der Waals surface area contributed by atoms with Gasteiger partial charge in [-0.25, -0.2) is 13.4 Å². The van der Waals surface area contributed by atoms with Gasteiger partial charge < -0.3 is 10.1 Å². The molecule has 1 aromatic heterocycles. The Morgan fingerprint density at radius 1 is 0.971 bits per heavy atom. The summed E-state index contributed by atoms with van der Waals surface area (Å²) in [6, 6.07) is 16.3. The van der Waals surface area contributed by atoms with Crippen molar-refractivity contribution in [3.8, 4) is 11.6 Å². The number of hydrogen-bond acceptors (Lipinski definition) is 5. The van der Waals surface area contributed by atoms with Gasteiger partial charge in [0.05, 0.1) is 11.3 Å². The molecule has 1 aliphatic heterocycles. The van der Waals surface area contributed by atoms with E-state index in [2.05, 4.69) is 10.3 Å². The largest absolute Gasteiger partial charge is 0.439 e. The number of benzene rings is 2. The smallest absolute Gasteiger partial charge is 0.243 e. The molecular weight excluding hydrogens is 462 g/mol. The molecule has 0 unspecified atom stereocenters. The van der Waals surface area contributed by atoms with Gasteiger partial charge in [0.2, 0.25) is 21.8 Å². The van der Waals surface area contributed by atoms with E-state index in [0.29, 0.717) is 25.5 Å². The number of rotatable bonds is 8. The molecule has 35 heavy (non-hydrogen) atoms. The SMILES string of the molecule is Cc1ccc(C)c(Oc2ccc(CNC(=O)Cc3ccc(S(=O)(=O)N4CCCCC4)cc3)cn2)c1. The molecular formula is C27H31N3O4S. The molecule has 0 spiro atoms. The highest BCUT2D eigenvalue weighted by Gasteiger charge is 2.25. The van der Waals surface area contributed by atoms with Gasteiger partial charge >= 0.3 is 0 Å². The van der Waals surface area contributed by atoms with Gasteiger partial charge in [-0.05, 0) is 67.1 Å². The molecule has 0 bridgehead atoms. The average Bonchev–Trinajstić information content (AvgIpc) is 2.87. The van der Waals surface area contributed by atoms with E-state index in [-0.39, 0.29) is 17.2 Å². The van der Waals surface area contributed by atoms with Crippen LogP contribution in [0, 0.1) is 13.8 Å². The third-order valence-corrected chi connectivity index (χ3v) is 8.00. The van der Waals surface area contributed by atoms with Crippen LogP contribution >= 0.6 is 0 Å². The monoisotopic (exact) mass is 493 g/mol. The molecule has 2 heterocycles. The maximum atomic E-state index is 12.8. The van der Waals surface area contributed by atoms with Crippen molar-refractivity contribution in [2.75, 3.05) is 13.1 Å². The summed E-state index contributed by atoms with van der Waals surface area (Å²) in [5.74, 6) is 1.12. The number of nitrogens with one attached hydrogen (secondary N) is 1. The van der Waals surface area contributed by atoms with Crippen molar-refractivity contribution < 1.29 is 17.9 Å². The molecule has 1 fully saturated rings. The van der Waals surface area contributed by atoms with Crippen molar-refractivity contribution in [2.45, 2.75) is 51.0 Å². The van der Waals surface area contributed by atoms with Crippen molar-refractivity contribution >= 4 is 15.9 Å². The van der Waals surface area contributed by atoms with Gasteiger partial charge in [0, 0.05) is 31.9 Å². The van der Waals surface area contributed by atoms with E-state index >= 15 is 0 Å². The molecule has 2 aromatic carbocycles. The van der Waals surface area contributed by atoms with Crippen molar-refractivity contribution in [1.29, 1.82) is 0 Å². The van der Waals surface area contributed by atoms with Gasteiger partial charge in [-0.15, -0.1) is 0 Å². The summed E-state index contributed by atoms with van der Waals surface area (Å²) >= 11 is 0. The number of aromatic nitrogens is 1. The van der Waals surface area contributed by atoms with Crippen molar-refractivity contribution in [2.24, 2.45) is 0 Å². The maximum absolute atomic E-state index is 12.8. The Morgan fingerprint density at radius 2 is 1.69 bits per heavy atom. The lowest BCUT2D eigenvalue weighted by Crippen LogP contribution is -2.35. The predicted molar refractivity (Wildman–Crippen MR) is 135 cm³/mol. The fourth-order valence-electron chi connectivity index (χ4n) is 3.99. The van der Waals surface area contributed by atoms with Crippen molar-refractivity contribution in [1.82, 2.24) is 14.6 Å². The Balaban J connectivity index is 1.28. The van der Waals surface area contributed by atoms with Crippen molar-refractivity contribution in [3.63, 3.8) is 0 Å². The zero-order chi connectivity index (χ0) is 24.8. The van der Waals surface area contributed by atoms with Crippen molar-refractivity contribution in [3.05, 3.63) is 83.0 Å². The second-order valence-electron chi connectivity index (χ2n) is 8.94. The summed E-state index contributed by atoms with van der Waals surface area (Å²) < 4.78 is 33.0. The molecule has 1 saturated heterocycles. The normalized spacial score (nSPS) is 14.5. The summed E-state index contributed by atoms with van der Waals surface area (Å²) in [5, 5.41) is 2.88. The molecule has 3 aromatic rings. The minimum absolute atomic E-state index is 0.146. The number of carbonyl (C=O) groups is 1. The molecule has 184 valence electrons. The molecule has 4 rings (SSSR count). The van der Waals surface area contributed by atoms with E-state index in [1.165, 1.54) is 0 Å². The molecule has 0 aliphatic carbocycles. The van der Waals surface area contributed by atoms with E-state index in [0.717, 1.165) is 47.3 Å². The quantitative estimate of drug-likeness (QED) is 0.498. The summed E-state index contributed by atoms with van der Waals surface area (Å²) in [6.45, 7) is 5.48. The van der Waals surface area contributed by atoms with Gasteiger partial charge in [0.25, 0.3) is 0 Å². The number of aryl methyl sites for hydroxylation is 2. The molecule has 1 aliphatic rings. The van der Waals surface area contributed by atoms with Crippen LogP contribution < -0.4 is 10.1 Å². The van der Waals surface area contributed by atoms with E-state index in [4.69, 9.17) is 4.74 Å². The van der Waals surface area contributed by atoms with Crippen LogP contribution in [-0.4, -0.2) is 36.7 Å². The van der Waals surface area contributed by atoms with Crippen LogP contribution in [0.5, 0.6) is 11.6 Å². The minimum atomic E-state index is -3.47. The highest BCUT2D eigenvalue weighted by atomic mass is 32.2. The van der Waals surface area contributed by atoms with E-state index < -0.39 is 10.0 Å². The van der Waals surface area contributed by atoms with E-state index in [9.17, 15) is 13.2 Å². The average molecular weight is 494 g/mol.